The first-order valence-corrected chi connectivity index (χ1v) is 9.01. The van der Waals surface area contributed by atoms with Crippen LogP contribution in [0.25, 0.3) is 23.2 Å². The highest BCUT2D eigenvalue weighted by atomic mass is 19.1. The van der Waals surface area contributed by atoms with Crippen molar-refractivity contribution < 1.29 is 18.3 Å². The minimum absolute atomic E-state index is 0.134. The summed E-state index contributed by atoms with van der Waals surface area (Å²) in [6.45, 7) is -0.260. The third-order valence-corrected chi connectivity index (χ3v) is 4.48. The number of methoxy groups -OCH3 is 1. The van der Waals surface area contributed by atoms with Crippen LogP contribution in [0, 0.1) is 11.6 Å². The molecule has 0 fully saturated rings. The fraction of sp³-hybridized carbons (Fsp3) is 0.0870. The van der Waals surface area contributed by atoms with Gasteiger partial charge in [-0.25, -0.2) is 13.8 Å². The summed E-state index contributed by atoms with van der Waals surface area (Å²) >= 11 is 0. The quantitative estimate of drug-likeness (QED) is 0.465. The zero-order valence-electron chi connectivity index (χ0n) is 15.7. The average Bonchev–Trinajstić information content (AvgIpc) is 3.15. The molecule has 0 radical (unpaired) electrons. The van der Waals surface area contributed by atoms with E-state index in [1.165, 1.54) is 25.3 Å². The van der Waals surface area contributed by atoms with Gasteiger partial charge >= 0.3 is 0 Å². The molecule has 1 N–H and O–H groups in total. The Hall–Kier alpha value is -3.67. The second-order valence-corrected chi connectivity index (χ2v) is 6.34. The molecule has 1 aromatic heterocycles. The van der Waals surface area contributed by atoms with Crippen LogP contribution in [0.15, 0.2) is 60.7 Å². The molecule has 4 aromatic rings. The van der Waals surface area contributed by atoms with E-state index >= 15 is 0 Å². The summed E-state index contributed by atoms with van der Waals surface area (Å²) < 4.78 is 39.0. The lowest BCUT2D eigenvalue weighted by Crippen LogP contribution is -2.04. The normalized spacial score (nSPS) is 11.3. The molecule has 0 saturated heterocycles. The summed E-state index contributed by atoms with van der Waals surface area (Å²) in [6.07, 6.45) is 3.62. The molecule has 0 atom stereocenters. The maximum atomic E-state index is 13.9. The van der Waals surface area contributed by atoms with Crippen molar-refractivity contribution in [1.82, 2.24) is 9.97 Å². The largest absolute Gasteiger partial charge is 0.493 e. The number of nitrogens with one attached hydrogen (secondary N) is 1. The van der Waals surface area contributed by atoms with Gasteiger partial charge in [0.05, 0.1) is 23.7 Å². The minimum atomic E-state index is -0.653. The van der Waals surface area contributed by atoms with Crippen molar-refractivity contribution >= 4 is 23.2 Å². The van der Waals surface area contributed by atoms with E-state index in [4.69, 9.17) is 9.47 Å². The summed E-state index contributed by atoms with van der Waals surface area (Å²) in [6, 6.07) is 16.8. The zero-order chi connectivity index (χ0) is 20.2. The summed E-state index contributed by atoms with van der Waals surface area (Å²) in [5, 5.41) is 0. The highest BCUT2D eigenvalue weighted by molar-refractivity contribution is 5.79. The summed E-state index contributed by atoms with van der Waals surface area (Å²) in [7, 11) is 1.51. The number of benzene rings is 3. The van der Waals surface area contributed by atoms with Gasteiger partial charge in [0.25, 0.3) is 0 Å². The predicted octanol–water partition coefficient (Wildman–Crippen LogP) is 5.60. The highest BCUT2D eigenvalue weighted by Gasteiger charge is 2.13. The monoisotopic (exact) mass is 392 g/mol. The number of aromatic nitrogens is 2. The van der Waals surface area contributed by atoms with Crippen molar-refractivity contribution in [2.45, 2.75) is 6.61 Å². The molecule has 0 aliphatic carbocycles. The summed E-state index contributed by atoms with van der Waals surface area (Å²) in [5.41, 5.74) is 2.36. The molecule has 4 rings (SSSR count). The van der Waals surface area contributed by atoms with E-state index in [2.05, 4.69) is 9.97 Å². The van der Waals surface area contributed by atoms with E-state index in [0.29, 0.717) is 22.9 Å². The van der Waals surface area contributed by atoms with Crippen LogP contribution >= 0.6 is 0 Å². The van der Waals surface area contributed by atoms with Crippen LogP contribution in [0.1, 0.15) is 17.0 Å². The Morgan fingerprint density at radius 3 is 2.45 bits per heavy atom. The lowest BCUT2D eigenvalue weighted by atomic mass is 10.1. The number of nitrogens with zero attached hydrogens (tertiary/aromatic N) is 1. The van der Waals surface area contributed by atoms with Gasteiger partial charge < -0.3 is 14.5 Å². The number of halogens is 2. The number of fused-ring (bicyclic) bond motifs is 1. The topological polar surface area (TPSA) is 47.1 Å². The smallest absolute Gasteiger partial charge is 0.168 e. The lowest BCUT2D eigenvalue weighted by Gasteiger charge is -2.14. The van der Waals surface area contributed by atoms with Crippen molar-refractivity contribution in [3.63, 3.8) is 0 Å². The van der Waals surface area contributed by atoms with Crippen LogP contribution in [0.3, 0.4) is 0 Å². The fourth-order valence-corrected chi connectivity index (χ4v) is 3.01. The zero-order valence-corrected chi connectivity index (χ0v) is 15.7. The van der Waals surface area contributed by atoms with E-state index in [1.54, 1.807) is 6.07 Å². The number of ether oxygens (including phenoxy) is 2. The van der Waals surface area contributed by atoms with Crippen LogP contribution in [-0.2, 0) is 6.61 Å². The number of imidazole rings is 1. The Bertz CT molecular complexity index is 1130. The summed E-state index contributed by atoms with van der Waals surface area (Å²) in [4.78, 5) is 7.72. The predicted molar refractivity (Wildman–Crippen MR) is 109 cm³/mol. The second-order valence-electron chi connectivity index (χ2n) is 6.34. The lowest BCUT2D eigenvalue weighted by molar-refractivity contribution is 0.273. The number of hydrogen-bond acceptors (Lipinski definition) is 3. The van der Waals surface area contributed by atoms with Gasteiger partial charge in [-0.2, -0.15) is 0 Å². The van der Waals surface area contributed by atoms with E-state index in [-0.39, 0.29) is 12.2 Å². The van der Waals surface area contributed by atoms with E-state index in [0.717, 1.165) is 11.0 Å². The number of para-hydroxylation sites is 3. The Kier molecular flexibility index (Phi) is 5.24. The number of hydrogen-bond donors (Lipinski definition) is 1. The summed E-state index contributed by atoms with van der Waals surface area (Å²) in [5.74, 6) is 0.233. The second kappa shape index (κ2) is 8.14. The Balaban J connectivity index is 1.63. The van der Waals surface area contributed by atoms with E-state index in [1.807, 2.05) is 48.6 Å². The number of rotatable bonds is 6. The third-order valence-electron chi connectivity index (χ3n) is 4.48. The first-order chi connectivity index (χ1) is 14.2. The van der Waals surface area contributed by atoms with Gasteiger partial charge in [0.1, 0.15) is 24.1 Å². The van der Waals surface area contributed by atoms with E-state index < -0.39 is 11.6 Å². The Labute approximate surface area is 166 Å². The molecule has 0 spiro atoms. The molecule has 0 bridgehead atoms. The molecule has 29 heavy (non-hydrogen) atoms. The Morgan fingerprint density at radius 2 is 1.69 bits per heavy atom. The molecular formula is C23H18F2N2O2. The maximum absolute atomic E-state index is 13.9. The average molecular weight is 392 g/mol. The fourth-order valence-electron chi connectivity index (χ4n) is 3.01. The molecule has 6 heteroatoms. The molecule has 0 amide bonds. The number of aromatic amines is 1. The molecule has 0 saturated carbocycles. The molecule has 1 heterocycles. The molecule has 0 aliphatic rings. The first kappa shape index (κ1) is 18.7. The van der Waals surface area contributed by atoms with Crippen molar-refractivity contribution in [2.24, 2.45) is 0 Å². The molecule has 146 valence electrons. The third kappa shape index (κ3) is 3.96. The minimum Gasteiger partial charge on any atom is -0.493 e. The number of H-pyrrole nitrogens is 1. The van der Waals surface area contributed by atoms with Gasteiger partial charge in [0.2, 0.25) is 0 Å². The highest BCUT2D eigenvalue weighted by Crippen LogP contribution is 2.33. The van der Waals surface area contributed by atoms with Gasteiger partial charge in [-0.15, -0.1) is 0 Å². The molecule has 0 unspecified atom stereocenters. The van der Waals surface area contributed by atoms with Crippen LogP contribution in [0.4, 0.5) is 8.78 Å². The van der Waals surface area contributed by atoms with Gasteiger partial charge in [-0.3, -0.25) is 0 Å². The van der Waals surface area contributed by atoms with Gasteiger partial charge in [0, 0.05) is 5.56 Å². The molecule has 4 nitrogen and oxygen atoms in total. The Morgan fingerprint density at radius 1 is 0.931 bits per heavy atom. The van der Waals surface area contributed by atoms with Crippen molar-refractivity contribution in [3.8, 4) is 11.5 Å². The van der Waals surface area contributed by atoms with E-state index in [9.17, 15) is 8.78 Å². The molecule has 0 aliphatic heterocycles. The van der Waals surface area contributed by atoms with Crippen molar-refractivity contribution in [1.29, 1.82) is 0 Å². The molecular weight excluding hydrogens is 374 g/mol. The van der Waals surface area contributed by atoms with Crippen LogP contribution in [-0.4, -0.2) is 17.1 Å². The standard InChI is InChI=1S/C23H18F2N2O2/c1-28-21-11-4-6-15(12-13-22-26-19-9-2-3-10-20(19)27-22)23(21)29-14-16-17(24)7-5-8-18(16)25/h2-13H,14H2,1H3,(H,26,27)/b13-12+. The SMILES string of the molecule is COc1cccc(/C=C/c2nc3ccccc3[nH]2)c1OCc1c(F)cccc1F. The van der Waals surface area contributed by atoms with Gasteiger partial charge in [0.15, 0.2) is 11.5 Å². The molecule has 3 aromatic carbocycles. The van der Waals surface area contributed by atoms with Gasteiger partial charge in [-0.1, -0.05) is 30.3 Å². The van der Waals surface area contributed by atoms with Gasteiger partial charge in [-0.05, 0) is 42.5 Å². The maximum Gasteiger partial charge on any atom is 0.168 e. The van der Waals surface area contributed by atoms with Crippen LogP contribution in [0.5, 0.6) is 11.5 Å². The van der Waals surface area contributed by atoms with Crippen LogP contribution in [0.2, 0.25) is 0 Å². The first-order valence-electron chi connectivity index (χ1n) is 9.01. The van der Waals surface area contributed by atoms with Crippen molar-refractivity contribution in [3.05, 3.63) is 89.2 Å². The van der Waals surface area contributed by atoms with Crippen molar-refractivity contribution in [2.75, 3.05) is 7.11 Å². The van der Waals surface area contributed by atoms with Crippen LogP contribution < -0.4 is 9.47 Å².